The normalized spacial score (nSPS) is 10.4. The van der Waals surface area contributed by atoms with Crippen LogP contribution in [-0.2, 0) is 11.3 Å². The minimum atomic E-state index is -0.514. The molecular formula is C13H14FN3O2S. The van der Waals surface area contributed by atoms with Crippen molar-refractivity contribution in [3.05, 3.63) is 45.3 Å². The maximum Gasteiger partial charge on any atom is 0.307 e. The van der Waals surface area contributed by atoms with Crippen LogP contribution in [0, 0.1) is 5.82 Å². The number of hydrogen-bond acceptors (Lipinski definition) is 4. The van der Waals surface area contributed by atoms with Crippen molar-refractivity contribution in [2.24, 2.45) is 0 Å². The highest BCUT2D eigenvalue weighted by molar-refractivity contribution is 7.07. The van der Waals surface area contributed by atoms with Crippen LogP contribution in [0.1, 0.15) is 12.8 Å². The number of aryl methyl sites for hydroxylation is 1. The Balaban J connectivity index is 1.82. The van der Waals surface area contributed by atoms with Crippen molar-refractivity contribution in [3.8, 4) is 0 Å². The van der Waals surface area contributed by atoms with Crippen LogP contribution in [0.5, 0.6) is 0 Å². The van der Waals surface area contributed by atoms with Gasteiger partial charge in [-0.3, -0.25) is 9.59 Å². The van der Waals surface area contributed by atoms with Gasteiger partial charge in [-0.2, -0.15) is 0 Å². The van der Waals surface area contributed by atoms with E-state index >= 15 is 0 Å². The number of hydrogen-bond donors (Lipinski definition) is 2. The molecule has 3 N–H and O–H groups in total. The summed E-state index contributed by atoms with van der Waals surface area (Å²) in [6.07, 6.45) is 2.53. The van der Waals surface area contributed by atoms with E-state index in [4.69, 9.17) is 5.73 Å². The third-order valence-electron chi connectivity index (χ3n) is 2.73. The summed E-state index contributed by atoms with van der Waals surface area (Å²) in [6.45, 7) is 0.501. The van der Waals surface area contributed by atoms with Gasteiger partial charge < -0.3 is 15.6 Å². The lowest BCUT2D eigenvalue weighted by Gasteiger charge is -2.06. The van der Waals surface area contributed by atoms with Gasteiger partial charge in [0.15, 0.2) is 0 Å². The van der Waals surface area contributed by atoms with Crippen LogP contribution in [0.3, 0.4) is 0 Å². The zero-order chi connectivity index (χ0) is 14.5. The van der Waals surface area contributed by atoms with Gasteiger partial charge >= 0.3 is 4.87 Å². The number of halogens is 1. The van der Waals surface area contributed by atoms with Crippen LogP contribution in [0.15, 0.2) is 34.6 Å². The van der Waals surface area contributed by atoms with Gasteiger partial charge in [-0.05, 0) is 24.6 Å². The predicted molar refractivity (Wildman–Crippen MR) is 77.3 cm³/mol. The number of carbonyl (C=O) groups is 1. The Labute approximate surface area is 118 Å². The van der Waals surface area contributed by atoms with Crippen molar-refractivity contribution < 1.29 is 9.18 Å². The van der Waals surface area contributed by atoms with Crippen LogP contribution in [0.2, 0.25) is 0 Å². The number of thiazole rings is 1. The van der Waals surface area contributed by atoms with E-state index in [9.17, 15) is 14.0 Å². The Kier molecular flexibility index (Phi) is 4.52. The number of nitrogen functional groups attached to an aromatic ring is 1. The van der Waals surface area contributed by atoms with Crippen molar-refractivity contribution in [1.29, 1.82) is 0 Å². The molecule has 20 heavy (non-hydrogen) atoms. The minimum Gasteiger partial charge on any atom is -0.396 e. The number of nitrogens with one attached hydrogen (secondary N) is 1. The average Bonchev–Trinajstić information content (AvgIpc) is 2.80. The summed E-state index contributed by atoms with van der Waals surface area (Å²) in [5.74, 6) is -0.709. The van der Waals surface area contributed by atoms with Gasteiger partial charge in [-0.25, -0.2) is 4.39 Å². The first kappa shape index (κ1) is 14.3. The number of carbonyl (C=O) groups excluding carboxylic acids is 1. The Morgan fingerprint density at radius 1 is 1.45 bits per heavy atom. The van der Waals surface area contributed by atoms with Gasteiger partial charge in [0.05, 0.1) is 5.69 Å². The van der Waals surface area contributed by atoms with Gasteiger partial charge in [0.25, 0.3) is 0 Å². The molecule has 0 radical (unpaired) electrons. The topological polar surface area (TPSA) is 77.1 Å². The van der Waals surface area contributed by atoms with E-state index in [2.05, 4.69) is 5.32 Å². The number of nitrogens with zero attached hydrogens (tertiary/aromatic N) is 1. The molecule has 1 aromatic carbocycles. The first-order valence-electron chi connectivity index (χ1n) is 6.05. The van der Waals surface area contributed by atoms with Crippen LogP contribution in [0.25, 0.3) is 0 Å². The molecule has 0 aliphatic carbocycles. The van der Waals surface area contributed by atoms with E-state index in [0.717, 1.165) is 11.3 Å². The van der Waals surface area contributed by atoms with E-state index in [-0.39, 0.29) is 22.9 Å². The molecular weight excluding hydrogens is 281 g/mol. The zero-order valence-corrected chi connectivity index (χ0v) is 11.5. The van der Waals surface area contributed by atoms with Crippen LogP contribution in [-0.4, -0.2) is 10.5 Å². The van der Waals surface area contributed by atoms with Crippen molar-refractivity contribution >= 4 is 28.6 Å². The molecule has 2 aromatic rings. The quantitative estimate of drug-likeness (QED) is 0.829. The van der Waals surface area contributed by atoms with Crippen molar-refractivity contribution in [2.75, 3.05) is 11.1 Å². The van der Waals surface area contributed by atoms with E-state index in [1.165, 1.54) is 18.2 Å². The lowest BCUT2D eigenvalue weighted by molar-refractivity contribution is -0.116. The third-order valence-corrected chi connectivity index (χ3v) is 3.42. The van der Waals surface area contributed by atoms with E-state index < -0.39 is 5.82 Å². The number of rotatable bonds is 5. The summed E-state index contributed by atoms with van der Waals surface area (Å²) in [5.41, 5.74) is 5.87. The molecule has 0 aliphatic rings. The summed E-state index contributed by atoms with van der Waals surface area (Å²) in [4.78, 5) is 22.9. The number of amides is 1. The molecule has 0 unspecified atom stereocenters. The van der Waals surface area contributed by atoms with Crippen molar-refractivity contribution in [3.63, 3.8) is 0 Å². The summed E-state index contributed by atoms with van der Waals surface area (Å²) in [7, 11) is 0. The van der Waals surface area contributed by atoms with Crippen LogP contribution in [0.4, 0.5) is 15.8 Å². The Morgan fingerprint density at radius 3 is 2.90 bits per heavy atom. The van der Waals surface area contributed by atoms with Gasteiger partial charge in [0.1, 0.15) is 5.82 Å². The Morgan fingerprint density at radius 2 is 2.25 bits per heavy atom. The lowest BCUT2D eigenvalue weighted by atomic mass is 10.2. The number of aromatic nitrogens is 1. The fourth-order valence-electron chi connectivity index (χ4n) is 1.71. The molecule has 7 heteroatoms. The monoisotopic (exact) mass is 295 g/mol. The maximum absolute atomic E-state index is 13.0. The van der Waals surface area contributed by atoms with Crippen LogP contribution >= 0.6 is 11.3 Å². The molecule has 2 rings (SSSR count). The van der Waals surface area contributed by atoms with Crippen molar-refractivity contribution in [2.45, 2.75) is 19.4 Å². The standard InChI is InChI=1S/C13H14FN3O2S/c14-10-4-3-9(8-11(10)15)16-12(18)2-1-5-17-6-7-20-13(17)19/h3-4,6-8H,1-2,5,15H2,(H,16,18). The second kappa shape index (κ2) is 6.33. The average molecular weight is 295 g/mol. The Bertz CT molecular complexity index is 666. The largest absolute Gasteiger partial charge is 0.396 e. The molecule has 0 spiro atoms. The van der Waals surface area contributed by atoms with E-state index in [0.29, 0.717) is 18.7 Å². The Hall–Kier alpha value is -2.15. The smallest absolute Gasteiger partial charge is 0.307 e. The summed E-state index contributed by atoms with van der Waals surface area (Å²) in [6, 6.07) is 4.03. The molecule has 0 fully saturated rings. The number of benzene rings is 1. The maximum atomic E-state index is 13.0. The highest BCUT2D eigenvalue weighted by Gasteiger charge is 2.05. The van der Waals surface area contributed by atoms with Crippen molar-refractivity contribution in [1.82, 2.24) is 4.57 Å². The molecule has 0 saturated carbocycles. The van der Waals surface area contributed by atoms with E-state index in [1.54, 1.807) is 16.1 Å². The van der Waals surface area contributed by atoms with Gasteiger partial charge in [-0.1, -0.05) is 11.3 Å². The molecule has 5 nitrogen and oxygen atoms in total. The highest BCUT2D eigenvalue weighted by atomic mass is 32.1. The summed E-state index contributed by atoms with van der Waals surface area (Å²) in [5, 5.41) is 4.35. The first-order chi connectivity index (χ1) is 9.56. The summed E-state index contributed by atoms with van der Waals surface area (Å²) < 4.78 is 14.5. The van der Waals surface area contributed by atoms with Gasteiger partial charge in [-0.15, -0.1) is 0 Å². The zero-order valence-electron chi connectivity index (χ0n) is 10.6. The number of nitrogens with two attached hydrogens (primary N) is 1. The third kappa shape index (κ3) is 3.67. The fraction of sp³-hybridized carbons (Fsp3) is 0.231. The van der Waals surface area contributed by atoms with Gasteiger partial charge in [0.2, 0.25) is 5.91 Å². The predicted octanol–water partition coefficient (Wildman–Crippen LogP) is 2.05. The second-order valence-electron chi connectivity index (χ2n) is 4.25. The molecule has 0 atom stereocenters. The summed E-state index contributed by atoms with van der Waals surface area (Å²) >= 11 is 1.13. The first-order valence-corrected chi connectivity index (χ1v) is 6.93. The highest BCUT2D eigenvalue weighted by Crippen LogP contribution is 2.16. The molecule has 106 valence electrons. The molecule has 1 aromatic heterocycles. The molecule has 1 amide bonds. The second-order valence-corrected chi connectivity index (χ2v) is 5.11. The molecule has 0 bridgehead atoms. The van der Waals surface area contributed by atoms with E-state index in [1.807, 2.05) is 0 Å². The fourth-order valence-corrected chi connectivity index (χ4v) is 2.32. The van der Waals surface area contributed by atoms with Crippen LogP contribution < -0.4 is 15.9 Å². The van der Waals surface area contributed by atoms with Gasteiger partial charge in [0, 0.05) is 30.2 Å². The molecule has 0 aliphatic heterocycles. The molecule has 0 saturated heterocycles. The number of anilines is 2. The lowest BCUT2D eigenvalue weighted by Crippen LogP contribution is -2.15. The SMILES string of the molecule is Nc1cc(NC(=O)CCCn2ccsc2=O)ccc1F. The molecule has 1 heterocycles. The minimum absolute atomic E-state index is 0.00683.